The average Bonchev–Trinajstić information content (AvgIpc) is 3.11. The molecule has 0 bridgehead atoms. The number of hydrogen-bond acceptors (Lipinski definition) is 3. The van der Waals surface area contributed by atoms with Crippen LogP contribution in [0.2, 0.25) is 0 Å². The van der Waals surface area contributed by atoms with Crippen LogP contribution in [0, 0.1) is 11.3 Å². The second kappa shape index (κ2) is 4.72. The van der Waals surface area contributed by atoms with Gasteiger partial charge in [0.15, 0.2) is 0 Å². The van der Waals surface area contributed by atoms with Crippen molar-refractivity contribution < 1.29 is 9.53 Å². The van der Waals surface area contributed by atoms with Crippen LogP contribution < -0.4 is 10.5 Å². The number of fused-ring (bicyclic) bond motifs is 2. The van der Waals surface area contributed by atoms with Crippen LogP contribution >= 0.6 is 0 Å². The number of ether oxygens (including phenoxy) is 1. The Labute approximate surface area is 131 Å². The molecule has 4 nitrogen and oxygen atoms in total. The first-order valence-corrected chi connectivity index (χ1v) is 8.29. The van der Waals surface area contributed by atoms with E-state index in [1.165, 1.54) is 5.56 Å². The normalized spacial score (nSPS) is 36.1. The van der Waals surface area contributed by atoms with Crippen molar-refractivity contribution in [2.24, 2.45) is 17.1 Å². The lowest BCUT2D eigenvalue weighted by molar-refractivity contribution is -0.132. The number of rotatable bonds is 2. The third kappa shape index (κ3) is 1.97. The van der Waals surface area contributed by atoms with Crippen molar-refractivity contribution >= 4 is 5.91 Å². The van der Waals surface area contributed by atoms with Crippen LogP contribution in [0.5, 0.6) is 5.75 Å². The summed E-state index contributed by atoms with van der Waals surface area (Å²) in [5, 5.41) is 0. The van der Waals surface area contributed by atoms with Gasteiger partial charge in [-0.05, 0) is 37.3 Å². The lowest BCUT2D eigenvalue weighted by Gasteiger charge is -2.28. The quantitative estimate of drug-likeness (QED) is 0.908. The van der Waals surface area contributed by atoms with E-state index in [4.69, 9.17) is 10.5 Å². The van der Waals surface area contributed by atoms with Crippen LogP contribution in [0.3, 0.4) is 0 Å². The minimum Gasteiger partial charge on any atom is -0.493 e. The third-order valence-electron chi connectivity index (χ3n) is 5.96. The van der Waals surface area contributed by atoms with E-state index in [2.05, 4.69) is 19.1 Å². The fourth-order valence-corrected chi connectivity index (χ4v) is 4.28. The fraction of sp³-hybridized carbons (Fsp3) is 0.611. The van der Waals surface area contributed by atoms with Crippen molar-refractivity contribution in [2.75, 3.05) is 26.2 Å². The summed E-state index contributed by atoms with van der Waals surface area (Å²) < 4.78 is 5.76. The van der Waals surface area contributed by atoms with Gasteiger partial charge in [0.2, 0.25) is 5.91 Å². The maximum atomic E-state index is 12.9. The number of likely N-dealkylation sites (tertiary alicyclic amines) is 1. The molecule has 3 atom stereocenters. The summed E-state index contributed by atoms with van der Waals surface area (Å²) in [4.78, 5) is 15.0. The molecule has 22 heavy (non-hydrogen) atoms. The molecule has 2 fully saturated rings. The molecule has 2 heterocycles. The molecular formula is C18H24N2O2. The van der Waals surface area contributed by atoms with Gasteiger partial charge in [0, 0.05) is 30.0 Å². The van der Waals surface area contributed by atoms with Gasteiger partial charge in [0.25, 0.3) is 0 Å². The number of carbonyl (C=O) groups excluding carboxylic acids is 1. The summed E-state index contributed by atoms with van der Waals surface area (Å²) in [5.74, 6) is 1.43. The molecule has 1 aliphatic carbocycles. The number of benzene rings is 1. The predicted octanol–water partition coefficient (Wildman–Crippen LogP) is 1.92. The molecule has 0 unspecified atom stereocenters. The number of nitrogens with two attached hydrogens (primary N) is 1. The summed E-state index contributed by atoms with van der Waals surface area (Å²) >= 11 is 0. The van der Waals surface area contributed by atoms with E-state index >= 15 is 0 Å². The minimum absolute atomic E-state index is 0.0353. The molecule has 2 N–H and O–H groups in total. The number of carbonyl (C=O) groups is 1. The lowest BCUT2D eigenvalue weighted by atomic mass is 9.87. The van der Waals surface area contributed by atoms with E-state index in [1.807, 2.05) is 17.0 Å². The number of hydrogen-bond donors (Lipinski definition) is 1. The van der Waals surface area contributed by atoms with Gasteiger partial charge in [-0.25, -0.2) is 0 Å². The van der Waals surface area contributed by atoms with Gasteiger partial charge in [0.1, 0.15) is 5.75 Å². The van der Waals surface area contributed by atoms with Crippen molar-refractivity contribution in [1.82, 2.24) is 4.90 Å². The van der Waals surface area contributed by atoms with E-state index in [0.717, 1.165) is 44.7 Å². The Morgan fingerprint density at radius 1 is 1.41 bits per heavy atom. The topological polar surface area (TPSA) is 55.6 Å². The smallest absolute Gasteiger partial charge is 0.226 e. The predicted molar refractivity (Wildman–Crippen MR) is 84.7 cm³/mol. The number of nitrogens with zero attached hydrogens (tertiary/aromatic N) is 1. The molecule has 3 aliphatic rings. The zero-order valence-corrected chi connectivity index (χ0v) is 13.2. The van der Waals surface area contributed by atoms with Gasteiger partial charge in [-0.1, -0.05) is 25.1 Å². The van der Waals surface area contributed by atoms with E-state index < -0.39 is 0 Å². The molecule has 118 valence electrons. The Morgan fingerprint density at radius 3 is 3.00 bits per heavy atom. The summed E-state index contributed by atoms with van der Waals surface area (Å²) in [6.07, 6.45) is 2.96. The van der Waals surface area contributed by atoms with Gasteiger partial charge in [-0.15, -0.1) is 0 Å². The van der Waals surface area contributed by atoms with Gasteiger partial charge in [-0.3, -0.25) is 4.79 Å². The molecular weight excluding hydrogens is 276 g/mol. The SMILES string of the molecule is C[C@]1(CN)CCN(C(=O)[C@@H]2C[C@@]23CCOc2ccccc23)C1. The van der Waals surface area contributed by atoms with Crippen LogP contribution in [0.15, 0.2) is 24.3 Å². The van der Waals surface area contributed by atoms with Crippen molar-refractivity contribution in [3.63, 3.8) is 0 Å². The summed E-state index contributed by atoms with van der Waals surface area (Å²) in [6.45, 7) is 5.24. The Bertz CT molecular complexity index is 617. The average molecular weight is 300 g/mol. The molecule has 0 aromatic heterocycles. The van der Waals surface area contributed by atoms with E-state index in [0.29, 0.717) is 12.5 Å². The molecule has 1 aromatic rings. The highest BCUT2D eigenvalue weighted by Gasteiger charge is 2.62. The second-order valence-corrected chi connectivity index (χ2v) is 7.53. The van der Waals surface area contributed by atoms with Crippen LogP contribution in [0.4, 0.5) is 0 Å². The molecule has 4 heteroatoms. The Balaban J connectivity index is 1.54. The van der Waals surface area contributed by atoms with Gasteiger partial charge in [0.05, 0.1) is 6.61 Å². The lowest BCUT2D eigenvalue weighted by Crippen LogP contribution is -2.37. The first-order valence-electron chi connectivity index (χ1n) is 8.29. The van der Waals surface area contributed by atoms with Gasteiger partial charge < -0.3 is 15.4 Å². The highest BCUT2D eigenvalue weighted by Crippen LogP contribution is 2.61. The summed E-state index contributed by atoms with van der Waals surface area (Å²) in [5.41, 5.74) is 7.24. The van der Waals surface area contributed by atoms with Crippen LogP contribution in [0.25, 0.3) is 0 Å². The van der Waals surface area contributed by atoms with E-state index in [-0.39, 0.29) is 16.7 Å². The number of amides is 1. The van der Waals surface area contributed by atoms with Crippen molar-refractivity contribution in [3.05, 3.63) is 29.8 Å². The van der Waals surface area contributed by atoms with Gasteiger partial charge >= 0.3 is 0 Å². The second-order valence-electron chi connectivity index (χ2n) is 7.53. The monoisotopic (exact) mass is 300 g/mol. The van der Waals surface area contributed by atoms with E-state index in [9.17, 15) is 4.79 Å². The molecule has 0 radical (unpaired) electrons. The van der Waals surface area contributed by atoms with Crippen LogP contribution in [-0.2, 0) is 10.2 Å². The molecule has 2 aliphatic heterocycles. The molecule has 1 amide bonds. The van der Waals surface area contributed by atoms with Crippen molar-refractivity contribution in [3.8, 4) is 5.75 Å². The van der Waals surface area contributed by atoms with Crippen LogP contribution in [0.1, 0.15) is 31.7 Å². The molecule has 1 spiro atoms. The minimum atomic E-state index is 0.0353. The zero-order valence-electron chi connectivity index (χ0n) is 13.2. The van der Waals surface area contributed by atoms with Crippen LogP contribution in [-0.4, -0.2) is 37.0 Å². The molecule has 1 saturated heterocycles. The number of para-hydroxylation sites is 1. The Kier molecular flexibility index (Phi) is 3.02. The fourth-order valence-electron chi connectivity index (χ4n) is 4.28. The molecule has 1 aromatic carbocycles. The standard InChI is InChI=1S/C18H24N2O2/c1-17(11-19)6-8-20(12-17)16(21)14-10-18(14)7-9-22-15-5-3-2-4-13(15)18/h2-5,14H,6-12,19H2,1H3/t14-,17+,18+/m0/s1. The third-order valence-corrected chi connectivity index (χ3v) is 5.96. The Morgan fingerprint density at radius 2 is 2.23 bits per heavy atom. The maximum Gasteiger partial charge on any atom is 0.226 e. The Hall–Kier alpha value is -1.55. The molecule has 1 saturated carbocycles. The highest BCUT2D eigenvalue weighted by atomic mass is 16.5. The first-order chi connectivity index (χ1) is 10.6. The largest absolute Gasteiger partial charge is 0.493 e. The zero-order chi connectivity index (χ0) is 15.4. The van der Waals surface area contributed by atoms with Crippen molar-refractivity contribution in [1.29, 1.82) is 0 Å². The maximum absolute atomic E-state index is 12.9. The van der Waals surface area contributed by atoms with E-state index in [1.54, 1.807) is 0 Å². The van der Waals surface area contributed by atoms with Gasteiger partial charge in [-0.2, -0.15) is 0 Å². The highest BCUT2D eigenvalue weighted by molar-refractivity contribution is 5.85. The molecule has 4 rings (SSSR count). The first kappa shape index (κ1) is 14.1. The summed E-state index contributed by atoms with van der Waals surface area (Å²) in [6, 6.07) is 8.22. The van der Waals surface area contributed by atoms with Crippen molar-refractivity contribution in [2.45, 2.75) is 31.6 Å². The summed E-state index contributed by atoms with van der Waals surface area (Å²) in [7, 11) is 0.